The van der Waals surface area contributed by atoms with Crippen LogP contribution in [0, 0.1) is 0 Å². The number of carbonyl (C=O) groups excluding carboxylic acids is 1. The summed E-state index contributed by atoms with van der Waals surface area (Å²) in [4.78, 5) is 11.8. The van der Waals surface area contributed by atoms with Gasteiger partial charge in [-0.05, 0) is 42.5 Å². The lowest BCUT2D eigenvalue weighted by molar-refractivity contribution is 0.102. The van der Waals surface area contributed by atoms with E-state index in [0.717, 1.165) is 0 Å². The fourth-order valence-electron chi connectivity index (χ4n) is 1.58. The van der Waals surface area contributed by atoms with Crippen molar-refractivity contribution in [2.45, 2.75) is 4.90 Å². The molecule has 0 aliphatic heterocycles. The normalized spacial score (nSPS) is 11.2. The first kappa shape index (κ1) is 16.1. The second kappa shape index (κ2) is 6.23. The van der Waals surface area contributed by atoms with Crippen LogP contribution in [0.15, 0.2) is 47.4 Å². The zero-order valence-corrected chi connectivity index (χ0v) is 13.4. The summed E-state index contributed by atoms with van der Waals surface area (Å²) in [5, 5.41) is 3.04. The lowest BCUT2D eigenvalue weighted by Crippen LogP contribution is -2.11. The highest BCUT2D eigenvalue weighted by atomic mass is 35.7. The van der Waals surface area contributed by atoms with E-state index in [0.29, 0.717) is 16.3 Å². The van der Waals surface area contributed by atoms with Crippen molar-refractivity contribution in [1.82, 2.24) is 0 Å². The Labute approximate surface area is 136 Å². The predicted molar refractivity (Wildman–Crippen MR) is 83.9 cm³/mol. The topological polar surface area (TPSA) is 63.2 Å². The molecule has 0 saturated carbocycles. The minimum absolute atomic E-state index is 0.0705. The highest BCUT2D eigenvalue weighted by molar-refractivity contribution is 8.13. The first-order valence-corrected chi connectivity index (χ1v) is 8.65. The van der Waals surface area contributed by atoms with E-state index in [1.807, 2.05) is 0 Å². The van der Waals surface area contributed by atoms with Gasteiger partial charge in [0.05, 0.1) is 5.02 Å². The van der Waals surface area contributed by atoms with Crippen LogP contribution < -0.4 is 5.32 Å². The maximum Gasteiger partial charge on any atom is 0.262 e. The Kier molecular flexibility index (Phi) is 4.78. The molecule has 2 aromatic carbocycles. The van der Waals surface area contributed by atoms with Crippen LogP contribution in [0.5, 0.6) is 0 Å². The van der Waals surface area contributed by atoms with Gasteiger partial charge in [-0.1, -0.05) is 23.2 Å². The van der Waals surface area contributed by atoms with Crippen LogP contribution >= 0.6 is 33.9 Å². The molecule has 1 amide bonds. The Hall–Kier alpha value is -1.27. The highest BCUT2D eigenvalue weighted by Crippen LogP contribution is 2.27. The lowest BCUT2D eigenvalue weighted by Gasteiger charge is -2.07. The molecule has 0 aliphatic carbocycles. The summed E-state index contributed by atoms with van der Waals surface area (Å²) in [6, 6.07) is 10.2. The maximum absolute atomic E-state index is 12.0. The number of carbonyl (C=O) groups is 1. The van der Waals surface area contributed by atoms with E-state index in [2.05, 4.69) is 5.32 Å². The van der Waals surface area contributed by atoms with Gasteiger partial charge in [0.2, 0.25) is 0 Å². The number of hydrogen-bond donors (Lipinski definition) is 1. The Balaban J connectivity index is 2.22. The lowest BCUT2D eigenvalue weighted by atomic mass is 10.2. The van der Waals surface area contributed by atoms with E-state index < -0.39 is 9.05 Å². The molecular weight excluding hydrogens is 357 g/mol. The quantitative estimate of drug-likeness (QED) is 0.831. The van der Waals surface area contributed by atoms with Crippen molar-refractivity contribution in [2.24, 2.45) is 0 Å². The molecule has 1 N–H and O–H groups in total. The highest BCUT2D eigenvalue weighted by Gasteiger charge is 2.15. The summed E-state index contributed by atoms with van der Waals surface area (Å²) >= 11 is 11.6. The van der Waals surface area contributed by atoms with Crippen molar-refractivity contribution in [3.63, 3.8) is 0 Å². The van der Waals surface area contributed by atoms with E-state index in [9.17, 15) is 13.2 Å². The van der Waals surface area contributed by atoms with E-state index in [-0.39, 0.29) is 15.8 Å². The molecule has 0 aromatic heterocycles. The van der Waals surface area contributed by atoms with Crippen molar-refractivity contribution in [1.29, 1.82) is 0 Å². The van der Waals surface area contributed by atoms with Gasteiger partial charge < -0.3 is 5.32 Å². The van der Waals surface area contributed by atoms with E-state index in [4.69, 9.17) is 33.9 Å². The standard InChI is InChI=1S/C13H8Cl3NO3S/c14-9-3-1-8(2-4-9)13(18)17-10-5-6-12(11(15)7-10)21(16,19)20/h1-7H,(H,17,18). The van der Waals surface area contributed by atoms with Crippen molar-refractivity contribution < 1.29 is 13.2 Å². The van der Waals surface area contributed by atoms with Crippen LogP contribution in [0.2, 0.25) is 10.0 Å². The maximum atomic E-state index is 12.0. The van der Waals surface area contributed by atoms with Crippen LogP contribution in [0.4, 0.5) is 5.69 Å². The Morgan fingerprint density at radius 2 is 1.62 bits per heavy atom. The van der Waals surface area contributed by atoms with Gasteiger partial charge in [0.15, 0.2) is 0 Å². The molecule has 0 bridgehead atoms. The average Bonchev–Trinajstić information content (AvgIpc) is 2.37. The van der Waals surface area contributed by atoms with Gasteiger partial charge in [-0.3, -0.25) is 4.79 Å². The minimum atomic E-state index is -3.92. The van der Waals surface area contributed by atoms with Crippen molar-refractivity contribution in [3.8, 4) is 0 Å². The Morgan fingerprint density at radius 3 is 2.14 bits per heavy atom. The molecule has 4 nitrogen and oxygen atoms in total. The molecule has 8 heteroatoms. The number of rotatable bonds is 3. The van der Waals surface area contributed by atoms with E-state index in [1.165, 1.54) is 18.2 Å². The van der Waals surface area contributed by atoms with E-state index >= 15 is 0 Å². The molecule has 0 spiro atoms. The molecule has 110 valence electrons. The fourth-order valence-corrected chi connectivity index (χ4v) is 3.24. The van der Waals surface area contributed by atoms with Crippen LogP contribution in [-0.4, -0.2) is 14.3 Å². The predicted octanol–water partition coefficient (Wildman–Crippen LogP) is 4.17. The average molecular weight is 365 g/mol. The van der Waals surface area contributed by atoms with Crippen molar-refractivity contribution in [2.75, 3.05) is 5.32 Å². The summed E-state index contributed by atoms with van der Waals surface area (Å²) < 4.78 is 22.4. The van der Waals surface area contributed by atoms with Crippen molar-refractivity contribution in [3.05, 3.63) is 58.1 Å². The molecule has 2 rings (SSSR count). The third kappa shape index (κ3) is 4.11. The molecule has 0 saturated heterocycles. The monoisotopic (exact) mass is 363 g/mol. The van der Waals surface area contributed by atoms with Crippen molar-refractivity contribution >= 4 is 54.5 Å². The molecule has 21 heavy (non-hydrogen) atoms. The number of halogens is 3. The van der Waals surface area contributed by atoms with Gasteiger partial charge in [-0.2, -0.15) is 0 Å². The summed E-state index contributed by atoms with van der Waals surface area (Å²) in [6.45, 7) is 0. The summed E-state index contributed by atoms with van der Waals surface area (Å²) in [5.74, 6) is -0.371. The number of amides is 1. The summed E-state index contributed by atoms with van der Waals surface area (Å²) in [7, 11) is 1.30. The first-order valence-electron chi connectivity index (χ1n) is 5.58. The molecule has 0 unspecified atom stereocenters. The van der Waals surface area contributed by atoms with Gasteiger partial charge >= 0.3 is 0 Å². The van der Waals surface area contributed by atoms with Gasteiger partial charge in [0.25, 0.3) is 15.0 Å². The SMILES string of the molecule is O=C(Nc1ccc(S(=O)(=O)Cl)c(Cl)c1)c1ccc(Cl)cc1. The Morgan fingerprint density at radius 1 is 1.00 bits per heavy atom. The number of nitrogens with one attached hydrogen (secondary N) is 1. The van der Waals surface area contributed by atoms with Gasteiger partial charge in [-0.15, -0.1) is 0 Å². The van der Waals surface area contributed by atoms with Crippen LogP contribution in [0.25, 0.3) is 0 Å². The van der Waals surface area contributed by atoms with Crippen LogP contribution in [0.3, 0.4) is 0 Å². The Bertz CT molecular complexity index is 789. The molecule has 0 atom stereocenters. The van der Waals surface area contributed by atoms with Gasteiger partial charge in [0.1, 0.15) is 4.90 Å². The number of anilines is 1. The third-order valence-corrected chi connectivity index (χ3v) is 4.62. The molecule has 0 aliphatic rings. The fraction of sp³-hybridized carbons (Fsp3) is 0. The van der Waals surface area contributed by atoms with Gasteiger partial charge in [0, 0.05) is 27.0 Å². The molecular formula is C13H8Cl3NO3S. The largest absolute Gasteiger partial charge is 0.322 e. The van der Waals surface area contributed by atoms with Crippen LogP contribution in [0.1, 0.15) is 10.4 Å². The summed E-state index contributed by atoms with van der Waals surface area (Å²) in [5.41, 5.74) is 0.758. The third-order valence-electron chi connectivity index (χ3n) is 2.56. The molecule has 0 radical (unpaired) electrons. The van der Waals surface area contributed by atoms with Gasteiger partial charge in [-0.25, -0.2) is 8.42 Å². The molecule has 0 heterocycles. The smallest absolute Gasteiger partial charge is 0.262 e. The zero-order valence-electron chi connectivity index (χ0n) is 10.3. The number of benzene rings is 2. The second-order valence-electron chi connectivity index (χ2n) is 4.04. The number of hydrogen-bond acceptors (Lipinski definition) is 3. The van der Waals surface area contributed by atoms with E-state index in [1.54, 1.807) is 24.3 Å². The van der Waals surface area contributed by atoms with Crippen LogP contribution in [-0.2, 0) is 9.05 Å². The second-order valence-corrected chi connectivity index (χ2v) is 7.42. The minimum Gasteiger partial charge on any atom is -0.322 e. The first-order chi connectivity index (χ1) is 9.77. The summed E-state index contributed by atoms with van der Waals surface area (Å²) in [6.07, 6.45) is 0. The zero-order chi connectivity index (χ0) is 15.6. The molecule has 0 fully saturated rings. The molecule has 2 aromatic rings.